The number of hydrogen-bond acceptors (Lipinski definition) is 7. The van der Waals surface area contributed by atoms with E-state index in [0.29, 0.717) is 45.2 Å². The van der Waals surface area contributed by atoms with Gasteiger partial charge in [-0.3, -0.25) is 14.4 Å². The van der Waals surface area contributed by atoms with Crippen molar-refractivity contribution in [2.75, 3.05) is 19.7 Å². The van der Waals surface area contributed by atoms with E-state index in [0.717, 1.165) is 30.3 Å². The van der Waals surface area contributed by atoms with Crippen molar-refractivity contribution in [3.8, 4) is 0 Å². The molecule has 4 heterocycles. The minimum Gasteiger partial charge on any atom is -0.396 e. The Morgan fingerprint density at radius 2 is 1.90 bits per heavy atom. The summed E-state index contributed by atoms with van der Waals surface area (Å²) in [5.74, 6) is -1.94. The van der Waals surface area contributed by atoms with Crippen LogP contribution in [0.15, 0.2) is 24.3 Å². The summed E-state index contributed by atoms with van der Waals surface area (Å²) in [6, 6.07) is 6.69. The molecule has 11 nitrogen and oxygen atoms in total. The Kier molecular flexibility index (Phi) is 7.91. The fraction of sp³-hybridized carbons (Fsp3) is 0.679. The summed E-state index contributed by atoms with van der Waals surface area (Å²) in [5.41, 5.74) is -0.255. The highest BCUT2D eigenvalue weighted by molar-refractivity contribution is 5.99. The van der Waals surface area contributed by atoms with Crippen LogP contribution in [0, 0.1) is 11.8 Å². The fourth-order valence-corrected chi connectivity index (χ4v) is 7.05. The number of hydrogen-bond donors (Lipinski definition) is 3. The maximum absolute atomic E-state index is 14.1. The molecule has 2 bridgehead atoms. The van der Waals surface area contributed by atoms with Gasteiger partial charge in [-0.25, -0.2) is 4.68 Å². The number of aromatic nitrogens is 3. The number of carbonyl (C=O) groups excluding carboxylic acids is 3. The van der Waals surface area contributed by atoms with E-state index >= 15 is 0 Å². The third-order valence-corrected chi connectivity index (χ3v) is 8.89. The maximum atomic E-state index is 14.1. The summed E-state index contributed by atoms with van der Waals surface area (Å²) in [5, 5.41) is 23.5. The molecular formula is C28H40N6O5. The second-order valence-corrected chi connectivity index (χ2v) is 11.1. The Balaban J connectivity index is 1.42. The first-order valence-electron chi connectivity index (χ1n) is 14.4. The average molecular weight is 541 g/mol. The highest BCUT2D eigenvalue weighted by Gasteiger charge is 2.78. The molecule has 0 radical (unpaired) electrons. The summed E-state index contributed by atoms with van der Waals surface area (Å²) < 4.78 is 8.39. The number of ether oxygens (including phenoxy) is 1. The lowest BCUT2D eigenvalue weighted by atomic mass is 9.65. The van der Waals surface area contributed by atoms with Crippen LogP contribution in [0.2, 0.25) is 0 Å². The van der Waals surface area contributed by atoms with Crippen LogP contribution in [0.25, 0.3) is 11.0 Å². The van der Waals surface area contributed by atoms with E-state index < -0.39 is 29.1 Å². The van der Waals surface area contributed by atoms with Crippen LogP contribution in [-0.2, 0) is 25.8 Å². The molecule has 1 aromatic heterocycles. The van der Waals surface area contributed by atoms with Gasteiger partial charge in [0.25, 0.3) is 0 Å². The summed E-state index contributed by atoms with van der Waals surface area (Å²) in [7, 11) is 0. The first kappa shape index (κ1) is 27.5. The van der Waals surface area contributed by atoms with Gasteiger partial charge in [0, 0.05) is 19.7 Å². The number of rotatable bonds is 13. The van der Waals surface area contributed by atoms with Crippen molar-refractivity contribution in [2.45, 2.75) is 89.1 Å². The Morgan fingerprint density at radius 1 is 1.10 bits per heavy atom. The molecule has 3 N–H and O–H groups in total. The molecule has 0 saturated carbocycles. The van der Waals surface area contributed by atoms with Crippen molar-refractivity contribution in [3.63, 3.8) is 0 Å². The average Bonchev–Trinajstić information content (AvgIpc) is 3.67. The van der Waals surface area contributed by atoms with Gasteiger partial charge in [-0.2, -0.15) is 0 Å². The summed E-state index contributed by atoms with van der Waals surface area (Å²) in [6.45, 7) is 5.17. The zero-order valence-electron chi connectivity index (χ0n) is 22.9. The number of amides is 3. The number of unbranched alkanes of at least 4 members (excludes halogenated alkanes) is 3. The number of fused-ring (bicyclic) bond motifs is 2. The molecule has 3 fully saturated rings. The SMILES string of the molecule is CCCNC(=O)[C@H]1[C@H]2C(=O)N(CCCCCCO)C(C(=O)NCn3nnc4ccccc43)C23CC[C@]1(CC)O3. The Bertz CT molecular complexity index is 1220. The molecule has 1 spiro atoms. The van der Waals surface area contributed by atoms with Gasteiger partial charge in [0.15, 0.2) is 0 Å². The first-order chi connectivity index (χ1) is 18.9. The summed E-state index contributed by atoms with van der Waals surface area (Å²) in [4.78, 5) is 43.1. The minimum atomic E-state index is -1.04. The minimum absolute atomic E-state index is 0.106. The van der Waals surface area contributed by atoms with Gasteiger partial charge >= 0.3 is 0 Å². The molecule has 1 aromatic carbocycles. The topological polar surface area (TPSA) is 139 Å². The van der Waals surface area contributed by atoms with E-state index in [-0.39, 0.29) is 31.0 Å². The number of aliphatic hydroxyl groups is 1. The van der Waals surface area contributed by atoms with Crippen molar-refractivity contribution in [3.05, 3.63) is 24.3 Å². The van der Waals surface area contributed by atoms with Gasteiger partial charge in [-0.05, 0) is 50.7 Å². The highest BCUT2D eigenvalue weighted by atomic mass is 16.5. The molecule has 11 heteroatoms. The smallest absolute Gasteiger partial charge is 0.247 e. The third-order valence-electron chi connectivity index (χ3n) is 8.89. The van der Waals surface area contributed by atoms with Gasteiger partial charge in [-0.1, -0.05) is 44.0 Å². The number of carbonyl (C=O) groups is 3. The summed E-state index contributed by atoms with van der Waals surface area (Å²) in [6.07, 6.45) is 5.69. The number of nitrogens with zero attached hydrogens (tertiary/aromatic N) is 4. The van der Waals surface area contributed by atoms with Gasteiger partial charge in [0.1, 0.15) is 23.8 Å². The first-order valence-corrected chi connectivity index (χ1v) is 14.4. The van der Waals surface area contributed by atoms with Crippen molar-refractivity contribution in [1.29, 1.82) is 0 Å². The van der Waals surface area contributed by atoms with Crippen LogP contribution in [0.5, 0.6) is 0 Å². The van der Waals surface area contributed by atoms with Gasteiger partial charge in [0.05, 0.1) is 23.0 Å². The van der Waals surface area contributed by atoms with E-state index in [9.17, 15) is 14.4 Å². The number of nitrogens with one attached hydrogen (secondary N) is 2. The molecule has 3 aliphatic heterocycles. The third kappa shape index (κ3) is 4.59. The standard InChI is InChI=1S/C28H40N6O5/c1-3-15-29-24(36)21-22-26(38)33(16-9-5-6-10-17-35)23(28(22)14-13-27(21,4-2)39-28)25(37)30-18-34-20-12-8-7-11-19(20)31-32-34/h7-8,11-12,21-23,35H,3-6,9-10,13-18H2,1-2H3,(H,29,36)(H,30,37)/t21-,22+,23?,27+,28?/m1/s1. The van der Waals surface area contributed by atoms with Crippen LogP contribution < -0.4 is 10.6 Å². The van der Waals surface area contributed by atoms with E-state index in [1.54, 1.807) is 9.58 Å². The van der Waals surface area contributed by atoms with Crippen LogP contribution >= 0.6 is 0 Å². The molecule has 3 aliphatic rings. The van der Waals surface area contributed by atoms with Crippen molar-refractivity contribution < 1.29 is 24.2 Å². The van der Waals surface area contributed by atoms with Gasteiger partial charge in [-0.15, -0.1) is 5.10 Å². The number of benzene rings is 1. The Labute approximate surface area is 228 Å². The Hall–Kier alpha value is -3.05. The van der Waals surface area contributed by atoms with Crippen LogP contribution in [-0.4, -0.2) is 79.7 Å². The van der Waals surface area contributed by atoms with Gasteiger partial charge < -0.3 is 25.4 Å². The molecule has 5 rings (SSSR count). The molecule has 2 unspecified atom stereocenters. The normalized spacial score (nSPS) is 29.3. The van der Waals surface area contributed by atoms with E-state index in [4.69, 9.17) is 9.84 Å². The lowest BCUT2D eigenvalue weighted by Gasteiger charge is -2.34. The van der Waals surface area contributed by atoms with Crippen molar-refractivity contribution in [1.82, 2.24) is 30.5 Å². The molecular weight excluding hydrogens is 500 g/mol. The largest absolute Gasteiger partial charge is 0.396 e. The molecule has 3 amide bonds. The monoisotopic (exact) mass is 540 g/mol. The van der Waals surface area contributed by atoms with Gasteiger partial charge in [0.2, 0.25) is 17.7 Å². The molecule has 212 valence electrons. The molecule has 2 aromatic rings. The maximum Gasteiger partial charge on any atom is 0.247 e. The van der Waals surface area contributed by atoms with Crippen molar-refractivity contribution >= 4 is 28.8 Å². The number of aliphatic hydroxyl groups excluding tert-OH is 1. The van der Waals surface area contributed by atoms with Crippen LogP contribution in [0.3, 0.4) is 0 Å². The lowest BCUT2D eigenvalue weighted by molar-refractivity contribution is -0.148. The Morgan fingerprint density at radius 3 is 2.67 bits per heavy atom. The fourth-order valence-electron chi connectivity index (χ4n) is 7.05. The quantitative estimate of drug-likeness (QED) is 0.329. The molecule has 3 saturated heterocycles. The molecule has 5 atom stereocenters. The van der Waals surface area contributed by atoms with E-state index in [2.05, 4.69) is 20.9 Å². The molecule has 39 heavy (non-hydrogen) atoms. The predicted molar refractivity (Wildman–Crippen MR) is 143 cm³/mol. The predicted octanol–water partition coefficient (Wildman–Crippen LogP) is 1.74. The zero-order chi connectivity index (χ0) is 27.6. The zero-order valence-corrected chi connectivity index (χ0v) is 22.9. The summed E-state index contributed by atoms with van der Waals surface area (Å²) >= 11 is 0. The molecule has 0 aliphatic carbocycles. The number of para-hydroxylation sites is 1. The van der Waals surface area contributed by atoms with Crippen LogP contribution in [0.1, 0.15) is 65.2 Å². The lowest BCUT2D eigenvalue weighted by Crippen LogP contribution is -2.55. The van der Waals surface area contributed by atoms with E-state index in [1.165, 1.54) is 0 Å². The second-order valence-electron chi connectivity index (χ2n) is 11.1. The van der Waals surface area contributed by atoms with Crippen LogP contribution in [0.4, 0.5) is 0 Å². The van der Waals surface area contributed by atoms with Crippen molar-refractivity contribution in [2.24, 2.45) is 11.8 Å². The van der Waals surface area contributed by atoms with E-state index in [1.807, 2.05) is 38.1 Å². The highest BCUT2D eigenvalue weighted by Crippen LogP contribution is 2.64. The second kappa shape index (κ2) is 11.2. The number of likely N-dealkylation sites (tertiary alicyclic amines) is 1.